The number of primary amides is 2. The number of phenolic OH excluding ortho intramolecular Hbond substituents is 1. The molecule has 0 unspecified atom stereocenters. The van der Waals surface area contributed by atoms with Gasteiger partial charge in [0.2, 0.25) is 94.5 Å². The summed E-state index contributed by atoms with van der Waals surface area (Å²) in [6.07, 6.45) is -4.29. The molecule has 650 valence electrons. The zero-order valence-corrected chi connectivity index (χ0v) is 68.5. The highest BCUT2D eigenvalue weighted by molar-refractivity contribution is 6.01. The molecule has 3 aromatic carbocycles. The van der Waals surface area contributed by atoms with Crippen molar-refractivity contribution in [2.45, 2.75) is 244 Å². The molecule has 4 aromatic rings. The number of hydrogen-bond donors (Lipinski definition) is 21. The maximum atomic E-state index is 15.2. The fourth-order valence-electron chi connectivity index (χ4n) is 12.3. The number of nitrogens with one attached hydrogen (secondary N) is 15. The van der Waals surface area contributed by atoms with Crippen LogP contribution >= 0.6 is 0 Å². The molecule has 0 saturated heterocycles. The second kappa shape index (κ2) is 48.8. The van der Waals surface area contributed by atoms with Crippen molar-refractivity contribution in [2.75, 3.05) is 6.61 Å². The number of carboxylic acids is 1. The maximum absolute atomic E-state index is 15.2. The van der Waals surface area contributed by atoms with Crippen LogP contribution in [-0.4, -0.2) is 223 Å². The molecule has 23 N–H and O–H groups in total. The lowest BCUT2D eigenvalue weighted by Gasteiger charge is -2.29. The SMILES string of the molecule is CC(=O)N[C@@H](CC(C)C)C(=O)N[C@H](C(=O)N[C@@H](Cc1ccccc1)C(=O)N[C@@H](CC(C)C)C(=O)N[C@@H](CCC(=O)O)C(=O)N[C@@H](Cc1ccc(O)cc1)C(=O)N[C@@H](Cc1c[nH]c2ccccc12)C(=O)N[C@@H](C)C(=O)N[C@@H](CCC(N)=O)C(=O)N[C@@H](CCC#N)C(=O)N[C@@H](CC(C)C)C(=O)N[C@@H](CO)C(=O)N[C@@H](C)C(=O)N[C@@H](C)C(N)=O)[C@@H](C)O. The van der Waals surface area contributed by atoms with Crippen molar-refractivity contribution in [1.82, 2.24) is 79.4 Å². The average molecular weight is 1660 g/mol. The Kier molecular flexibility index (Phi) is 40.5. The molecule has 0 aliphatic carbocycles. The lowest BCUT2D eigenvalue weighted by atomic mass is 9.99. The van der Waals surface area contributed by atoms with Crippen LogP contribution in [0.15, 0.2) is 85.1 Å². The molecule has 0 aliphatic heterocycles. The smallest absolute Gasteiger partial charge is 0.303 e. The number of para-hydroxylation sites is 1. The molecule has 0 fully saturated rings. The molecule has 16 amide bonds. The number of aromatic nitrogens is 1. The van der Waals surface area contributed by atoms with E-state index in [-0.39, 0.29) is 62.0 Å². The molecular formula is C80H114N18O21. The predicted octanol–water partition coefficient (Wildman–Crippen LogP) is -2.80. The van der Waals surface area contributed by atoms with Crippen LogP contribution in [0.4, 0.5) is 0 Å². The lowest BCUT2D eigenvalue weighted by molar-refractivity contribution is -0.139. The first-order chi connectivity index (χ1) is 56.0. The summed E-state index contributed by atoms with van der Waals surface area (Å²) >= 11 is 0. The number of carbonyl (C=O) groups is 17. The van der Waals surface area contributed by atoms with Crippen LogP contribution in [0.2, 0.25) is 0 Å². The van der Waals surface area contributed by atoms with E-state index in [4.69, 9.17) is 11.5 Å². The van der Waals surface area contributed by atoms with E-state index < -0.39 is 236 Å². The van der Waals surface area contributed by atoms with Crippen LogP contribution in [0.3, 0.4) is 0 Å². The van der Waals surface area contributed by atoms with Gasteiger partial charge < -0.3 is 111 Å². The number of fused-ring (bicyclic) bond motifs is 1. The monoisotopic (exact) mass is 1660 g/mol. The fraction of sp³-hybridized carbons (Fsp3) is 0.525. The molecular weight excluding hydrogens is 1550 g/mol. The summed E-state index contributed by atoms with van der Waals surface area (Å²) < 4.78 is 0. The van der Waals surface area contributed by atoms with Gasteiger partial charge >= 0.3 is 5.97 Å². The molecule has 0 spiro atoms. The molecule has 15 atom stereocenters. The summed E-state index contributed by atoms with van der Waals surface area (Å²) in [5, 5.41) is 86.3. The molecule has 4 rings (SSSR count). The third kappa shape index (κ3) is 34.2. The van der Waals surface area contributed by atoms with E-state index in [1.165, 1.54) is 58.9 Å². The summed E-state index contributed by atoms with van der Waals surface area (Å²) in [7, 11) is 0. The third-order valence-electron chi connectivity index (χ3n) is 18.7. The number of aliphatic hydroxyl groups excluding tert-OH is 2. The van der Waals surface area contributed by atoms with Crippen LogP contribution in [-0.2, 0) is 101 Å². The van der Waals surface area contributed by atoms with E-state index >= 15 is 4.79 Å². The van der Waals surface area contributed by atoms with Crippen molar-refractivity contribution in [3.63, 3.8) is 0 Å². The second-order valence-corrected chi connectivity index (χ2v) is 30.5. The molecule has 0 saturated carbocycles. The molecule has 1 aromatic heterocycles. The number of carbonyl (C=O) groups excluding carboxylic acids is 16. The van der Waals surface area contributed by atoms with E-state index in [0.717, 1.165) is 0 Å². The van der Waals surface area contributed by atoms with Gasteiger partial charge in [-0.2, -0.15) is 5.26 Å². The number of benzene rings is 3. The quantitative estimate of drug-likeness (QED) is 0.0212. The Morgan fingerprint density at radius 2 is 0.782 bits per heavy atom. The van der Waals surface area contributed by atoms with Gasteiger partial charge in [-0.15, -0.1) is 0 Å². The topological polar surface area (TPSA) is 631 Å². The van der Waals surface area contributed by atoms with Gasteiger partial charge in [0, 0.05) is 62.5 Å². The van der Waals surface area contributed by atoms with Crippen LogP contribution in [0, 0.1) is 29.1 Å². The number of aliphatic carboxylic acids is 1. The van der Waals surface area contributed by atoms with Gasteiger partial charge in [0.25, 0.3) is 0 Å². The highest BCUT2D eigenvalue weighted by Gasteiger charge is 2.39. The number of amides is 16. The molecule has 0 aliphatic rings. The first-order valence-corrected chi connectivity index (χ1v) is 39.0. The Hall–Kier alpha value is -12.6. The zero-order chi connectivity index (χ0) is 89.1. The van der Waals surface area contributed by atoms with Gasteiger partial charge in [-0.3, -0.25) is 81.5 Å². The summed E-state index contributed by atoms with van der Waals surface area (Å²) in [4.78, 5) is 236. The standard InChI is InChI=1S/C80H114N18O21/c1-40(2)32-57(88-47(11)101)78(117)98-66(46(10)100)80(119)96-61(35-48-18-13-12-14-19-48)77(116)93-58(33-41(3)4)74(113)91-56(28-30-65(104)105)72(111)94-60(36-49-23-25-51(102)26-24-49)76(115)95-62(37-50-38-84-53-21-16-15-20-52(50)53)73(112)86-45(9)69(108)89-55(27-29-64(82)103)71(110)90-54(22-17-31-81)70(109)92-59(34-42(5)6)75(114)97-63(39-99)79(118)87-44(8)68(107)85-43(7)67(83)106/h12-16,18-21,23-26,38,40-46,54-63,66,84,99-100,102H,17,22,27-30,32-37,39H2,1-11H3,(H2,82,103)(H2,83,106)(H,85,107)(H,86,112)(H,87,118)(H,88,101)(H,89,108)(H,90,110)(H,91,113)(H,92,109)(H,93,116)(H,94,111)(H,95,115)(H,96,119)(H,97,114)(H,98,117)(H,104,105)/t43-,44-,45-,46+,54-,55-,56-,57-,58-,59-,60-,61-,62-,63-,66-/m0/s1. The van der Waals surface area contributed by atoms with Crippen molar-refractivity contribution in [3.8, 4) is 11.8 Å². The Balaban J connectivity index is 1.68. The van der Waals surface area contributed by atoms with Crippen molar-refractivity contribution >= 4 is 111 Å². The Bertz CT molecular complexity index is 4250. The summed E-state index contributed by atoms with van der Waals surface area (Å²) in [6.45, 7) is 15.5. The maximum Gasteiger partial charge on any atom is 0.303 e. The van der Waals surface area contributed by atoms with E-state index in [1.807, 2.05) is 6.07 Å². The molecule has 119 heavy (non-hydrogen) atoms. The highest BCUT2D eigenvalue weighted by Crippen LogP contribution is 2.21. The Morgan fingerprint density at radius 1 is 0.412 bits per heavy atom. The van der Waals surface area contributed by atoms with Crippen LogP contribution < -0.4 is 85.9 Å². The molecule has 39 nitrogen and oxygen atoms in total. The number of phenols is 1. The van der Waals surface area contributed by atoms with Crippen molar-refractivity contribution in [2.24, 2.45) is 29.2 Å². The van der Waals surface area contributed by atoms with E-state index in [9.17, 15) is 102 Å². The van der Waals surface area contributed by atoms with Crippen LogP contribution in [0.25, 0.3) is 10.9 Å². The number of nitrogens with zero attached hydrogens (tertiary/aromatic N) is 1. The number of aromatic hydroxyl groups is 1. The first-order valence-electron chi connectivity index (χ1n) is 39.0. The zero-order valence-electron chi connectivity index (χ0n) is 68.5. The predicted molar refractivity (Wildman–Crippen MR) is 430 cm³/mol. The van der Waals surface area contributed by atoms with E-state index in [1.54, 1.807) is 102 Å². The van der Waals surface area contributed by atoms with Crippen LogP contribution in [0.5, 0.6) is 5.75 Å². The molecule has 1 heterocycles. The van der Waals surface area contributed by atoms with Gasteiger partial charge in [-0.05, 0) is 119 Å². The largest absolute Gasteiger partial charge is 0.508 e. The minimum atomic E-state index is -1.80. The summed E-state index contributed by atoms with van der Waals surface area (Å²) in [6, 6.07) is 0.712. The third-order valence-corrected chi connectivity index (χ3v) is 18.7. The number of aromatic amines is 1. The fourth-order valence-corrected chi connectivity index (χ4v) is 12.3. The minimum absolute atomic E-state index is 0.103. The number of carboxylic acid groups (broad SMARTS) is 1. The first kappa shape index (κ1) is 98.8. The van der Waals surface area contributed by atoms with Gasteiger partial charge in [-0.1, -0.05) is 102 Å². The highest BCUT2D eigenvalue weighted by atomic mass is 16.4. The minimum Gasteiger partial charge on any atom is -0.508 e. The number of rotatable bonds is 50. The number of nitriles is 1. The average Bonchev–Trinajstić information content (AvgIpc) is 1.75. The number of H-pyrrole nitrogens is 1. The Labute approximate surface area is 688 Å². The Morgan fingerprint density at radius 3 is 1.24 bits per heavy atom. The molecule has 0 radical (unpaired) electrons. The van der Waals surface area contributed by atoms with E-state index in [0.29, 0.717) is 27.6 Å². The molecule has 39 heteroatoms. The summed E-state index contributed by atoms with van der Waals surface area (Å²) in [5.41, 5.74) is 12.6. The molecule has 0 bridgehead atoms. The summed E-state index contributed by atoms with van der Waals surface area (Å²) in [5.74, 6) is -18.1. The van der Waals surface area contributed by atoms with Gasteiger partial charge in [0.05, 0.1) is 18.8 Å². The van der Waals surface area contributed by atoms with Crippen molar-refractivity contribution < 1.29 is 102 Å². The van der Waals surface area contributed by atoms with Crippen LogP contribution in [0.1, 0.15) is 151 Å². The van der Waals surface area contributed by atoms with E-state index in [2.05, 4.69) is 79.4 Å². The number of aliphatic hydroxyl groups is 2. The lowest BCUT2D eigenvalue weighted by Crippen LogP contribution is -2.62. The van der Waals surface area contributed by atoms with Crippen molar-refractivity contribution in [1.29, 1.82) is 5.26 Å². The van der Waals surface area contributed by atoms with Gasteiger partial charge in [0.15, 0.2) is 0 Å². The normalized spacial score (nSPS) is 14.9. The van der Waals surface area contributed by atoms with Crippen molar-refractivity contribution in [3.05, 3.63) is 102 Å². The second-order valence-electron chi connectivity index (χ2n) is 30.5. The van der Waals surface area contributed by atoms with Gasteiger partial charge in [-0.25, -0.2) is 0 Å². The number of nitrogens with two attached hydrogens (primary N) is 2. The van der Waals surface area contributed by atoms with Gasteiger partial charge in [0.1, 0.15) is 90.3 Å². The number of hydrogen-bond acceptors (Lipinski definition) is 21.